The second-order valence-electron chi connectivity index (χ2n) is 5.34. The van der Waals surface area contributed by atoms with Gasteiger partial charge in [-0.1, -0.05) is 6.07 Å². The third-order valence-electron chi connectivity index (χ3n) is 3.68. The van der Waals surface area contributed by atoms with Crippen LogP contribution in [0.4, 0.5) is 8.78 Å². The molecule has 2 aliphatic heterocycles. The Morgan fingerprint density at radius 3 is 2.82 bits per heavy atom. The van der Waals surface area contributed by atoms with Crippen LogP contribution in [0.3, 0.4) is 0 Å². The van der Waals surface area contributed by atoms with Gasteiger partial charge in [-0.05, 0) is 24.6 Å². The summed E-state index contributed by atoms with van der Waals surface area (Å²) >= 11 is 0. The molecule has 1 saturated heterocycles. The maximum absolute atomic E-state index is 13.1. The molecule has 2 unspecified atom stereocenters. The highest BCUT2D eigenvalue weighted by molar-refractivity contribution is 5.85. The van der Waals surface area contributed by atoms with Crippen LogP contribution >= 0.6 is 12.4 Å². The lowest BCUT2D eigenvalue weighted by Gasteiger charge is -2.18. The molecule has 0 aliphatic carbocycles. The fourth-order valence-electron chi connectivity index (χ4n) is 2.48. The Balaban J connectivity index is 0.00000176. The van der Waals surface area contributed by atoms with Crippen molar-refractivity contribution in [3.05, 3.63) is 23.8 Å². The predicted molar refractivity (Wildman–Crippen MR) is 77.7 cm³/mol. The molecule has 22 heavy (non-hydrogen) atoms. The van der Waals surface area contributed by atoms with E-state index in [9.17, 15) is 13.6 Å². The molecule has 0 saturated carbocycles. The first-order chi connectivity index (χ1) is 9.94. The van der Waals surface area contributed by atoms with Crippen molar-refractivity contribution in [2.24, 2.45) is 0 Å². The molecular weight excluding hydrogens is 318 g/mol. The maximum Gasteiger partial charge on any atom is 0.262 e. The molecule has 1 aromatic carbocycles. The number of amides is 1. The third-order valence-corrected chi connectivity index (χ3v) is 3.68. The molecule has 1 amide bonds. The van der Waals surface area contributed by atoms with Crippen LogP contribution in [-0.2, 0) is 4.79 Å². The van der Waals surface area contributed by atoms with E-state index in [-0.39, 0.29) is 25.2 Å². The Morgan fingerprint density at radius 2 is 2.14 bits per heavy atom. The molecule has 1 fully saturated rings. The summed E-state index contributed by atoms with van der Waals surface area (Å²) in [4.78, 5) is 12.0. The first kappa shape index (κ1) is 16.8. The van der Waals surface area contributed by atoms with Crippen molar-refractivity contribution in [1.82, 2.24) is 10.6 Å². The molecule has 0 bridgehead atoms. The number of nitrogens with one attached hydrogen (secondary N) is 2. The minimum Gasteiger partial charge on any atom is -0.454 e. The largest absolute Gasteiger partial charge is 0.454 e. The van der Waals surface area contributed by atoms with Crippen LogP contribution in [-0.4, -0.2) is 31.2 Å². The van der Waals surface area contributed by atoms with E-state index in [1.165, 1.54) is 0 Å². The molecule has 122 valence electrons. The first-order valence-corrected chi connectivity index (χ1v) is 6.76. The van der Waals surface area contributed by atoms with Crippen LogP contribution in [0.25, 0.3) is 0 Å². The summed E-state index contributed by atoms with van der Waals surface area (Å²) < 4.78 is 36.7. The van der Waals surface area contributed by atoms with Gasteiger partial charge >= 0.3 is 0 Å². The van der Waals surface area contributed by atoms with Gasteiger partial charge in [0.05, 0.1) is 18.6 Å². The SMILES string of the molecule is CC(NC(=O)C1CC(F)(F)CN1)c1ccc2c(c1)OCO2.Cl. The number of halogens is 3. The zero-order chi connectivity index (χ0) is 15.0. The van der Waals surface area contributed by atoms with E-state index in [0.29, 0.717) is 11.5 Å². The molecule has 2 aliphatic rings. The van der Waals surface area contributed by atoms with Crippen molar-refractivity contribution in [3.8, 4) is 11.5 Å². The van der Waals surface area contributed by atoms with Crippen molar-refractivity contribution in [1.29, 1.82) is 0 Å². The molecule has 2 heterocycles. The number of hydrogen-bond acceptors (Lipinski definition) is 4. The quantitative estimate of drug-likeness (QED) is 0.888. The number of carbonyl (C=O) groups excluding carboxylic acids is 1. The number of hydrogen-bond donors (Lipinski definition) is 2. The van der Waals surface area contributed by atoms with E-state index in [2.05, 4.69) is 10.6 Å². The van der Waals surface area contributed by atoms with E-state index >= 15 is 0 Å². The Labute approximate surface area is 132 Å². The highest BCUT2D eigenvalue weighted by Crippen LogP contribution is 2.34. The monoisotopic (exact) mass is 334 g/mol. The number of carbonyl (C=O) groups is 1. The summed E-state index contributed by atoms with van der Waals surface area (Å²) in [7, 11) is 0. The second-order valence-corrected chi connectivity index (χ2v) is 5.34. The minimum absolute atomic E-state index is 0. The first-order valence-electron chi connectivity index (χ1n) is 6.76. The van der Waals surface area contributed by atoms with E-state index in [0.717, 1.165) is 5.56 Å². The predicted octanol–water partition coefficient (Wildman–Crippen LogP) is 2.01. The standard InChI is InChI=1S/C14H16F2N2O3.ClH/c1-8(9-2-3-11-12(4-9)21-7-20-11)18-13(19)10-5-14(15,16)6-17-10;/h2-4,8,10,17H,5-7H2,1H3,(H,18,19);1H. The normalized spacial score (nSPS) is 22.8. The second kappa shape index (κ2) is 6.26. The minimum atomic E-state index is -2.82. The van der Waals surface area contributed by atoms with E-state index in [1.54, 1.807) is 19.1 Å². The molecule has 8 heteroatoms. The molecule has 5 nitrogen and oxygen atoms in total. The maximum atomic E-state index is 13.1. The Kier molecular flexibility index (Phi) is 4.77. The highest BCUT2D eigenvalue weighted by Gasteiger charge is 2.42. The van der Waals surface area contributed by atoms with Crippen LogP contribution in [0.2, 0.25) is 0 Å². The van der Waals surface area contributed by atoms with Gasteiger partial charge < -0.3 is 14.8 Å². The average molecular weight is 335 g/mol. The molecule has 0 spiro atoms. The summed E-state index contributed by atoms with van der Waals surface area (Å²) in [5.41, 5.74) is 0.831. The lowest BCUT2D eigenvalue weighted by Crippen LogP contribution is -2.41. The van der Waals surface area contributed by atoms with Crippen LogP contribution in [0.1, 0.15) is 24.9 Å². The van der Waals surface area contributed by atoms with Crippen LogP contribution in [0.5, 0.6) is 11.5 Å². The van der Waals surface area contributed by atoms with Crippen molar-refractivity contribution >= 4 is 18.3 Å². The van der Waals surface area contributed by atoms with Crippen molar-refractivity contribution in [2.45, 2.75) is 31.4 Å². The van der Waals surface area contributed by atoms with Gasteiger partial charge in [-0.15, -0.1) is 12.4 Å². The molecule has 1 aromatic rings. The number of ether oxygens (including phenoxy) is 2. The zero-order valence-electron chi connectivity index (χ0n) is 11.9. The Morgan fingerprint density at radius 1 is 1.41 bits per heavy atom. The number of fused-ring (bicyclic) bond motifs is 1. The van der Waals surface area contributed by atoms with Crippen LogP contribution in [0, 0.1) is 0 Å². The van der Waals surface area contributed by atoms with Crippen molar-refractivity contribution < 1.29 is 23.0 Å². The smallest absolute Gasteiger partial charge is 0.262 e. The summed E-state index contributed by atoms with van der Waals surface area (Å²) in [6.45, 7) is 1.52. The highest BCUT2D eigenvalue weighted by atomic mass is 35.5. The van der Waals surface area contributed by atoms with Gasteiger partial charge in [0.15, 0.2) is 11.5 Å². The fourth-order valence-corrected chi connectivity index (χ4v) is 2.48. The Hall–Kier alpha value is -1.60. The van der Waals surface area contributed by atoms with Gasteiger partial charge in [0.1, 0.15) is 0 Å². The summed E-state index contributed by atoms with van der Waals surface area (Å²) in [6.07, 6.45) is -0.466. The van der Waals surface area contributed by atoms with E-state index in [1.807, 2.05) is 6.07 Å². The number of alkyl halides is 2. The van der Waals surface area contributed by atoms with Crippen molar-refractivity contribution in [3.63, 3.8) is 0 Å². The molecule has 0 aromatic heterocycles. The molecule has 2 N–H and O–H groups in total. The number of rotatable bonds is 3. The Bertz CT molecular complexity index is 571. The topological polar surface area (TPSA) is 59.6 Å². The van der Waals surface area contributed by atoms with E-state index in [4.69, 9.17) is 9.47 Å². The fraction of sp³-hybridized carbons (Fsp3) is 0.500. The molecule has 2 atom stereocenters. The van der Waals surface area contributed by atoms with Gasteiger partial charge in [0.25, 0.3) is 5.92 Å². The average Bonchev–Trinajstić information content (AvgIpc) is 3.03. The van der Waals surface area contributed by atoms with Crippen molar-refractivity contribution in [2.75, 3.05) is 13.3 Å². The van der Waals surface area contributed by atoms with Gasteiger partial charge in [-0.2, -0.15) is 0 Å². The zero-order valence-corrected chi connectivity index (χ0v) is 12.7. The van der Waals surface area contributed by atoms with Gasteiger partial charge in [-0.25, -0.2) is 8.78 Å². The lowest BCUT2D eigenvalue weighted by molar-refractivity contribution is -0.124. The molecular formula is C14H17ClF2N2O3. The van der Waals surface area contributed by atoms with Gasteiger partial charge in [0, 0.05) is 6.42 Å². The molecule has 0 radical (unpaired) electrons. The van der Waals surface area contributed by atoms with Gasteiger partial charge in [-0.3, -0.25) is 10.1 Å². The summed E-state index contributed by atoms with van der Waals surface area (Å²) in [6, 6.07) is 4.21. The lowest BCUT2D eigenvalue weighted by atomic mass is 10.1. The van der Waals surface area contributed by atoms with Gasteiger partial charge in [0.2, 0.25) is 12.7 Å². The summed E-state index contributed by atoms with van der Waals surface area (Å²) in [5.74, 6) is -1.95. The molecule has 3 rings (SSSR count). The van der Waals surface area contributed by atoms with Crippen LogP contribution in [0.15, 0.2) is 18.2 Å². The van der Waals surface area contributed by atoms with Crippen LogP contribution < -0.4 is 20.1 Å². The third kappa shape index (κ3) is 3.41. The van der Waals surface area contributed by atoms with E-state index < -0.39 is 30.8 Å². The summed E-state index contributed by atoms with van der Waals surface area (Å²) in [5, 5.41) is 5.27. The number of benzene rings is 1.